The van der Waals surface area contributed by atoms with Gasteiger partial charge in [-0.15, -0.1) is 0 Å². The summed E-state index contributed by atoms with van der Waals surface area (Å²) in [4.78, 5) is 11.1. The zero-order chi connectivity index (χ0) is 17.6. The molecule has 1 N–H and O–H groups in total. The lowest BCUT2D eigenvalue weighted by Gasteiger charge is -2.09. The standard InChI is InChI=1S/C22H20O3/c1-16(22(23)24)18-9-10-20-15-21(12-11-19(20)14-18)25-13-5-8-17-6-3-2-4-7-17/h2-12,14-16H,13H2,1H3,(H,23,24). The van der Waals surface area contributed by atoms with Gasteiger partial charge < -0.3 is 9.84 Å². The number of hydrogen-bond donors (Lipinski definition) is 1. The van der Waals surface area contributed by atoms with Crippen LogP contribution in [0.4, 0.5) is 0 Å². The van der Waals surface area contributed by atoms with Crippen LogP contribution in [0.1, 0.15) is 24.0 Å². The number of carboxylic acids is 1. The Balaban J connectivity index is 1.68. The highest BCUT2D eigenvalue weighted by atomic mass is 16.5. The summed E-state index contributed by atoms with van der Waals surface area (Å²) in [6.07, 6.45) is 4.01. The van der Waals surface area contributed by atoms with Crippen molar-refractivity contribution in [1.82, 2.24) is 0 Å². The molecule has 3 heteroatoms. The van der Waals surface area contributed by atoms with Crippen molar-refractivity contribution in [3.63, 3.8) is 0 Å². The van der Waals surface area contributed by atoms with Gasteiger partial charge in [-0.3, -0.25) is 4.79 Å². The van der Waals surface area contributed by atoms with E-state index in [-0.39, 0.29) is 0 Å². The summed E-state index contributed by atoms with van der Waals surface area (Å²) in [6.45, 7) is 2.19. The average Bonchev–Trinajstić information content (AvgIpc) is 2.65. The first-order chi connectivity index (χ1) is 12.1. The van der Waals surface area contributed by atoms with Gasteiger partial charge in [-0.05, 0) is 47.0 Å². The van der Waals surface area contributed by atoms with Gasteiger partial charge in [0.1, 0.15) is 12.4 Å². The van der Waals surface area contributed by atoms with Gasteiger partial charge in [0.2, 0.25) is 0 Å². The minimum Gasteiger partial charge on any atom is -0.490 e. The summed E-state index contributed by atoms with van der Waals surface area (Å²) in [5.41, 5.74) is 1.95. The number of fused-ring (bicyclic) bond motifs is 1. The van der Waals surface area contributed by atoms with Crippen molar-refractivity contribution in [1.29, 1.82) is 0 Å². The Hall–Kier alpha value is -3.07. The number of benzene rings is 3. The van der Waals surface area contributed by atoms with Crippen LogP contribution in [0.5, 0.6) is 5.75 Å². The molecule has 0 fully saturated rings. The van der Waals surface area contributed by atoms with Gasteiger partial charge in [-0.2, -0.15) is 0 Å². The van der Waals surface area contributed by atoms with Gasteiger partial charge >= 0.3 is 5.97 Å². The molecule has 3 rings (SSSR count). The summed E-state index contributed by atoms with van der Waals surface area (Å²) >= 11 is 0. The van der Waals surface area contributed by atoms with E-state index < -0.39 is 11.9 Å². The van der Waals surface area contributed by atoms with Crippen LogP contribution in [0.3, 0.4) is 0 Å². The summed E-state index contributed by atoms with van der Waals surface area (Å²) in [5.74, 6) is -0.530. The number of carbonyl (C=O) groups is 1. The zero-order valence-corrected chi connectivity index (χ0v) is 14.1. The first kappa shape index (κ1) is 16.8. The molecule has 1 atom stereocenters. The third-order valence-electron chi connectivity index (χ3n) is 4.16. The first-order valence-electron chi connectivity index (χ1n) is 8.24. The molecule has 0 spiro atoms. The lowest BCUT2D eigenvalue weighted by molar-refractivity contribution is -0.138. The Kier molecular flexibility index (Phi) is 5.14. The summed E-state index contributed by atoms with van der Waals surface area (Å²) in [7, 11) is 0. The Morgan fingerprint density at radius 2 is 1.76 bits per heavy atom. The fraction of sp³-hybridized carbons (Fsp3) is 0.136. The van der Waals surface area contributed by atoms with Crippen molar-refractivity contribution in [2.75, 3.05) is 6.61 Å². The minimum atomic E-state index is -0.815. The van der Waals surface area contributed by atoms with E-state index in [1.807, 2.05) is 78.9 Å². The van der Waals surface area contributed by atoms with Crippen LogP contribution in [0, 0.1) is 0 Å². The van der Waals surface area contributed by atoms with Gasteiger partial charge in [0.15, 0.2) is 0 Å². The monoisotopic (exact) mass is 332 g/mol. The largest absolute Gasteiger partial charge is 0.490 e. The highest BCUT2D eigenvalue weighted by Crippen LogP contribution is 2.25. The van der Waals surface area contributed by atoms with Crippen molar-refractivity contribution >= 4 is 22.8 Å². The second-order valence-electron chi connectivity index (χ2n) is 5.95. The molecule has 126 valence electrons. The van der Waals surface area contributed by atoms with Gasteiger partial charge in [-0.1, -0.05) is 60.7 Å². The Morgan fingerprint density at radius 3 is 2.52 bits per heavy atom. The molecule has 0 saturated heterocycles. The molecule has 3 aromatic rings. The topological polar surface area (TPSA) is 46.5 Å². The number of hydrogen-bond acceptors (Lipinski definition) is 2. The molecular formula is C22H20O3. The number of aliphatic carboxylic acids is 1. The molecule has 0 aromatic heterocycles. The molecule has 0 saturated carbocycles. The molecule has 0 heterocycles. The third kappa shape index (κ3) is 4.27. The Bertz CT molecular complexity index is 898. The molecule has 0 bridgehead atoms. The number of carboxylic acid groups (broad SMARTS) is 1. The SMILES string of the molecule is CC(C(=O)O)c1ccc2cc(OCC=Cc3ccccc3)ccc2c1. The Labute approximate surface area is 147 Å². The normalized spacial score (nSPS) is 12.4. The van der Waals surface area contributed by atoms with Gasteiger partial charge in [-0.25, -0.2) is 0 Å². The van der Waals surface area contributed by atoms with E-state index in [2.05, 4.69) is 0 Å². The molecular weight excluding hydrogens is 312 g/mol. The molecule has 3 nitrogen and oxygen atoms in total. The third-order valence-corrected chi connectivity index (χ3v) is 4.16. The predicted octanol–water partition coefficient (Wildman–Crippen LogP) is 5.12. The maximum atomic E-state index is 11.1. The van der Waals surface area contributed by atoms with Crippen molar-refractivity contribution in [3.05, 3.63) is 83.9 Å². The maximum absolute atomic E-state index is 11.1. The number of ether oxygens (including phenoxy) is 1. The van der Waals surface area contributed by atoms with Gasteiger partial charge in [0, 0.05) is 0 Å². The molecule has 3 aromatic carbocycles. The second-order valence-corrected chi connectivity index (χ2v) is 5.95. The molecule has 25 heavy (non-hydrogen) atoms. The lowest BCUT2D eigenvalue weighted by atomic mass is 9.98. The molecule has 0 amide bonds. The fourth-order valence-corrected chi connectivity index (χ4v) is 2.64. The van der Waals surface area contributed by atoms with Crippen molar-refractivity contribution in [2.24, 2.45) is 0 Å². The van der Waals surface area contributed by atoms with Crippen LogP contribution in [0.2, 0.25) is 0 Å². The van der Waals surface area contributed by atoms with Crippen LogP contribution in [0.25, 0.3) is 16.8 Å². The highest BCUT2D eigenvalue weighted by molar-refractivity contribution is 5.86. The van der Waals surface area contributed by atoms with E-state index in [9.17, 15) is 4.79 Å². The van der Waals surface area contributed by atoms with E-state index in [4.69, 9.17) is 9.84 Å². The fourth-order valence-electron chi connectivity index (χ4n) is 2.64. The molecule has 0 aliphatic carbocycles. The Morgan fingerprint density at radius 1 is 1.04 bits per heavy atom. The van der Waals surface area contributed by atoms with Gasteiger partial charge in [0.25, 0.3) is 0 Å². The maximum Gasteiger partial charge on any atom is 0.310 e. The average molecular weight is 332 g/mol. The van der Waals surface area contributed by atoms with Crippen molar-refractivity contribution < 1.29 is 14.6 Å². The van der Waals surface area contributed by atoms with Crippen LogP contribution in [-0.2, 0) is 4.79 Å². The first-order valence-corrected chi connectivity index (χ1v) is 8.24. The molecule has 0 radical (unpaired) electrons. The summed E-state index contributed by atoms with van der Waals surface area (Å²) in [5, 5.41) is 11.2. The van der Waals surface area contributed by atoms with Gasteiger partial charge in [0.05, 0.1) is 5.92 Å². The minimum absolute atomic E-state index is 0.495. The smallest absolute Gasteiger partial charge is 0.310 e. The second kappa shape index (κ2) is 7.67. The van der Waals surface area contributed by atoms with E-state index in [1.54, 1.807) is 6.92 Å². The van der Waals surface area contributed by atoms with Crippen LogP contribution in [-0.4, -0.2) is 17.7 Å². The predicted molar refractivity (Wildman–Crippen MR) is 101 cm³/mol. The van der Waals surface area contributed by atoms with Crippen molar-refractivity contribution in [2.45, 2.75) is 12.8 Å². The summed E-state index contributed by atoms with van der Waals surface area (Å²) < 4.78 is 5.77. The van der Waals surface area contributed by atoms with E-state index in [0.29, 0.717) is 6.61 Å². The molecule has 0 aliphatic rings. The van der Waals surface area contributed by atoms with Crippen molar-refractivity contribution in [3.8, 4) is 5.75 Å². The quantitative estimate of drug-likeness (QED) is 0.681. The van der Waals surface area contributed by atoms with Crippen LogP contribution < -0.4 is 4.74 Å². The van der Waals surface area contributed by atoms with E-state index in [0.717, 1.165) is 27.6 Å². The number of rotatable bonds is 6. The zero-order valence-electron chi connectivity index (χ0n) is 14.1. The van der Waals surface area contributed by atoms with Crippen LogP contribution in [0.15, 0.2) is 72.8 Å². The molecule has 1 unspecified atom stereocenters. The lowest BCUT2D eigenvalue weighted by Crippen LogP contribution is -2.07. The summed E-state index contributed by atoms with van der Waals surface area (Å²) in [6, 6.07) is 21.7. The van der Waals surface area contributed by atoms with Crippen LogP contribution >= 0.6 is 0 Å². The van der Waals surface area contributed by atoms with E-state index >= 15 is 0 Å². The van der Waals surface area contributed by atoms with E-state index in [1.165, 1.54) is 0 Å². The molecule has 0 aliphatic heterocycles. The highest BCUT2D eigenvalue weighted by Gasteiger charge is 2.13.